The molecule has 0 saturated heterocycles. The summed E-state index contributed by atoms with van der Waals surface area (Å²) in [5, 5.41) is 0. The van der Waals surface area contributed by atoms with Crippen molar-refractivity contribution in [1.82, 2.24) is 0 Å². The van der Waals surface area contributed by atoms with E-state index in [9.17, 15) is 0 Å². The van der Waals surface area contributed by atoms with Gasteiger partial charge in [-0.1, -0.05) is 103 Å². The molecule has 0 aromatic heterocycles. The normalized spacial score (nSPS) is 16.2. The molecule has 0 aromatic rings. The van der Waals surface area contributed by atoms with Gasteiger partial charge in [-0.05, 0) is 24.7 Å². The molecule has 0 aliphatic carbocycles. The number of thioether (sulfide) groups is 1. The summed E-state index contributed by atoms with van der Waals surface area (Å²) in [6.07, 6.45) is 13.7. The summed E-state index contributed by atoms with van der Waals surface area (Å²) in [6.45, 7) is 18.4. The monoisotopic (exact) mass is 370 g/mol. The topological polar surface area (TPSA) is 18.5 Å². The Balaban J connectivity index is 4.29. The summed E-state index contributed by atoms with van der Waals surface area (Å²) in [4.78, 5) is 0. The molecule has 25 heavy (non-hydrogen) atoms. The maximum atomic E-state index is 6.09. The fourth-order valence-corrected chi connectivity index (χ4v) is 3.52. The lowest BCUT2D eigenvalue weighted by Crippen LogP contribution is -2.20. The van der Waals surface area contributed by atoms with Crippen LogP contribution in [-0.2, 0) is 9.47 Å². The largest absolute Gasteiger partial charge is 0.363 e. The Morgan fingerprint density at radius 2 is 1.16 bits per heavy atom. The summed E-state index contributed by atoms with van der Waals surface area (Å²) < 4.78 is 12.2. The highest BCUT2D eigenvalue weighted by molar-refractivity contribution is 8.00. The Morgan fingerprint density at radius 1 is 0.760 bits per heavy atom. The molecule has 4 unspecified atom stereocenters. The van der Waals surface area contributed by atoms with Crippen molar-refractivity contribution in [3.8, 4) is 0 Å². The average molecular weight is 371 g/mol. The molecule has 0 bridgehead atoms. The van der Waals surface area contributed by atoms with Gasteiger partial charge in [-0.3, -0.25) is 0 Å². The zero-order valence-electron chi connectivity index (χ0n) is 17.2. The predicted molar refractivity (Wildman–Crippen MR) is 114 cm³/mol. The van der Waals surface area contributed by atoms with Crippen LogP contribution in [0.2, 0.25) is 0 Å². The molecule has 0 spiro atoms. The van der Waals surface area contributed by atoms with Crippen LogP contribution in [0.3, 0.4) is 0 Å². The van der Waals surface area contributed by atoms with E-state index in [0.717, 1.165) is 13.2 Å². The van der Waals surface area contributed by atoms with Gasteiger partial charge in [0.05, 0.1) is 13.2 Å². The molecule has 0 fully saturated rings. The van der Waals surface area contributed by atoms with Gasteiger partial charge in [0.1, 0.15) is 10.9 Å². The summed E-state index contributed by atoms with van der Waals surface area (Å²) in [5.41, 5.74) is -0.0659. The zero-order valence-corrected chi connectivity index (χ0v) is 18.0. The van der Waals surface area contributed by atoms with E-state index in [0.29, 0.717) is 11.8 Å². The smallest absolute Gasteiger partial charge is 0.123 e. The minimum Gasteiger partial charge on any atom is -0.363 e. The molecule has 0 aromatic carbocycles. The first kappa shape index (κ1) is 24.8. The number of unbranched alkanes of at least 4 members (excludes halogenated alkanes) is 2. The lowest BCUT2D eigenvalue weighted by molar-refractivity contribution is 0.0830. The minimum absolute atomic E-state index is 0.0330. The molecule has 0 amide bonds. The van der Waals surface area contributed by atoms with E-state index < -0.39 is 0 Å². The Kier molecular flexibility index (Phi) is 17.0. The van der Waals surface area contributed by atoms with Crippen molar-refractivity contribution in [2.24, 2.45) is 11.8 Å². The second-order valence-electron chi connectivity index (χ2n) is 6.84. The van der Waals surface area contributed by atoms with Crippen LogP contribution in [0.4, 0.5) is 0 Å². The molecular formula is C22H42O2S. The molecule has 0 radical (unpaired) electrons. The molecule has 0 aliphatic rings. The number of hydrogen-bond acceptors (Lipinski definition) is 3. The third-order valence-corrected chi connectivity index (χ3v) is 5.93. The second-order valence-corrected chi connectivity index (χ2v) is 8.05. The summed E-state index contributed by atoms with van der Waals surface area (Å²) in [5.74, 6) is 1.29. The van der Waals surface area contributed by atoms with Gasteiger partial charge in [-0.15, -0.1) is 0 Å². The van der Waals surface area contributed by atoms with Gasteiger partial charge >= 0.3 is 0 Å². The van der Waals surface area contributed by atoms with Crippen molar-refractivity contribution in [3.63, 3.8) is 0 Å². The standard InChI is InChI=1S/C22H42O2S/c1-7-13-15-19(9-3)17-23-21(11-5)25-22(12-6)24-18-20(10-4)16-14-8-2/h11-12,19-22H,5-10,13-18H2,1-4H3. The highest BCUT2D eigenvalue weighted by Gasteiger charge is 2.17. The van der Waals surface area contributed by atoms with E-state index >= 15 is 0 Å². The van der Waals surface area contributed by atoms with Gasteiger partial charge in [0.25, 0.3) is 0 Å². The fraction of sp³-hybridized carbons (Fsp3) is 0.818. The van der Waals surface area contributed by atoms with E-state index in [4.69, 9.17) is 9.47 Å². The van der Waals surface area contributed by atoms with E-state index in [2.05, 4.69) is 40.9 Å². The highest BCUT2D eigenvalue weighted by Crippen LogP contribution is 2.25. The van der Waals surface area contributed by atoms with Gasteiger partial charge in [0, 0.05) is 0 Å². The van der Waals surface area contributed by atoms with Crippen LogP contribution in [0.5, 0.6) is 0 Å². The second kappa shape index (κ2) is 17.2. The Morgan fingerprint density at radius 3 is 1.44 bits per heavy atom. The molecule has 3 heteroatoms. The van der Waals surface area contributed by atoms with Crippen LogP contribution in [0.25, 0.3) is 0 Å². The molecule has 2 nitrogen and oxygen atoms in total. The van der Waals surface area contributed by atoms with E-state index in [1.807, 2.05) is 12.2 Å². The number of hydrogen-bond donors (Lipinski definition) is 0. The first-order valence-electron chi connectivity index (χ1n) is 10.3. The molecule has 0 rings (SSSR count). The van der Waals surface area contributed by atoms with Crippen molar-refractivity contribution >= 4 is 11.8 Å². The fourth-order valence-electron chi connectivity index (χ4n) is 2.72. The van der Waals surface area contributed by atoms with Crippen LogP contribution in [-0.4, -0.2) is 24.1 Å². The quantitative estimate of drug-likeness (QED) is 0.187. The summed E-state index contributed by atoms with van der Waals surface area (Å²) >= 11 is 1.66. The number of ether oxygens (including phenoxy) is 2. The van der Waals surface area contributed by atoms with Crippen molar-refractivity contribution in [2.75, 3.05) is 13.2 Å². The molecule has 4 atom stereocenters. The molecular weight excluding hydrogens is 328 g/mol. The Bertz CT molecular complexity index is 289. The van der Waals surface area contributed by atoms with Crippen molar-refractivity contribution in [2.45, 2.75) is 89.9 Å². The van der Waals surface area contributed by atoms with Gasteiger partial charge in [-0.25, -0.2) is 0 Å². The highest BCUT2D eigenvalue weighted by atomic mass is 32.2. The van der Waals surface area contributed by atoms with Crippen molar-refractivity contribution in [3.05, 3.63) is 25.3 Å². The molecule has 0 saturated carbocycles. The zero-order chi connectivity index (χ0) is 18.9. The van der Waals surface area contributed by atoms with Gasteiger partial charge in [0.2, 0.25) is 0 Å². The van der Waals surface area contributed by atoms with E-state index in [-0.39, 0.29) is 10.9 Å². The number of rotatable bonds is 18. The lowest BCUT2D eigenvalue weighted by Gasteiger charge is -2.23. The van der Waals surface area contributed by atoms with Crippen LogP contribution in [0.15, 0.2) is 25.3 Å². The van der Waals surface area contributed by atoms with Crippen LogP contribution in [0.1, 0.15) is 79.1 Å². The van der Waals surface area contributed by atoms with Crippen molar-refractivity contribution < 1.29 is 9.47 Å². The van der Waals surface area contributed by atoms with Crippen molar-refractivity contribution in [1.29, 1.82) is 0 Å². The van der Waals surface area contributed by atoms with Gasteiger partial charge in [-0.2, -0.15) is 0 Å². The van der Waals surface area contributed by atoms with Crippen LogP contribution in [0, 0.1) is 11.8 Å². The van der Waals surface area contributed by atoms with Crippen LogP contribution < -0.4 is 0 Å². The first-order chi connectivity index (χ1) is 12.1. The Labute approximate surface area is 161 Å². The predicted octanol–water partition coefficient (Wildman–Crippen LogP) is 7.21. The maximum absolute atomic E-state index is 6.09. The van der Waals surface area contributed by atoms with Crippen LogP contribution >= 0.6 is 11.8 Å². The summed E-state index contributed by atoms with van der Waals surface area (Å²) in [6, 6.07) is 0. The Hall–Kier alpha value is -0.250. The molecule has 148 valence electrons. The first-order valence-corrected chi connectivity index (χ1v) is 11.2. The molecule has 0 heterocycles. The average Bonchev–Trinajstić information content (AvgIpc) is 2.65. The minimum atomic E-state index is -0.0330. The summed E-state index contributed by atoms with van der Waals surface area (Å²) in [7, 11) is 0. The van der Waals surface area contributed by atoms with E-state index in [1.165, 1.54) is 51.4 Å². The third kappa shape index (κ3) is 12.7. The third-order valence-electron chi connectivity index (χ3n) is 4.73. The van der Waals surface area contributed by atoms with Gasteiger partial charge < -0.3 is 9.47 Å². The molecule has 0 aliphatic heterocycles. The maximum Gasteiger partial charge on any atom is 0.123 e. The lowest BCUT2D eigenvalue weighted by atomic mass is 10.0. The molecule has 0 N–H and O–H groups in total. The SMILES string of the molecule is C=CC(OCC(CC)CCCC)SC(C=C)OCC(CC)CCCC. The van der Waals surface area contributed by atoms with Gasteiger partial charge in [0.15, 0.2) is 0 Å². The van der Waals surface area contributed by atoms with E-state index in [1.54, 1.807) is 11.8 Å².